The number of hydrogen-bond acceptors (Lipinski definition) is 5. The fourth-order valence-corrected chi connectivity index (χ4v) is 3.52. The van der Waals surface area contributed by atoms with E-state index in [1.54, 1.807) is 4.52 Å². The van der Waals surface area contributed by atoms with Gasteiger partial charge in [0.15, 0.2) is 5.82 Å². The van der Waals surface area contributed by atoms with Gasteiger partial charge in [0.05, 0.1) is 0 Å². The first-order valence-electron chi connectivity index (χ1n) is 7.02. The predicted molar refractivity (Wildman–Crippen MR) is 96.3 cm³/mol. The van der Waals surface area contributed by atoms with Crippen LogP contribution in [0, 0.1) is 6.92 Å². The molecule has 2 aromatic carbocycles. The fraction of sp³-hybridized carbons (Fsp3) is 0.0625. The Kier molecular flexibility index (Phi) is 3.59. The van der Waals surface area contributed by atoms with E-state index in [1.165, 1.54) is 16.9 Å². The lowest BCUT2D eigenvalue weighted by Crippen LogP contribution is -1.95. The minimum absolute atomic E-state index is 0.724. The number of hydrogen-bond donors (Lipinski definition) is 1. The van der Waals surface area contributed by atoms with Crippen LogP contribution in [0.1, 0.15) is 5.56 Å². The molecule has 5 nitrogen and oxygen atoms in total. The monoisotopic (exact) mass is 385 g/mol. The fourth-order valence-electron chi connectivity index (χ4n) is 2.31. The summed E-state index contributed by atoms with van der Waals surface area (Å²) in [4.78, 5) is 0.756. The molecule has 0 amide bonds. The molecule has 0 spiro atoms. The molecule has 1 N–H and O–H groups in total. The summed E-state index contributed by atoms with van der Waals surface area (Å²) in [7, 11) is 0. The number of fused-ring (bicyclic) bond motifs is 1. The Morgan fingerprint density at radius 1 is 1.04 bits per heavy atom. The van der Waals surface area contributed by atoms with Crippen LogP contribution in [0.3, 0.4) is 0 Å². The topological polar surface area (TPSA) is 55.1 Å². The van der Waals surface area contributed by atoms with Gasteiger partial charge in [-0.2, -0.15) is 4.52 Å². The lowest BCUT2D eigenvalue weighted by Gasteiger charge is -2.05. The summed E-state index contributed by atoms with van der Waals surface area (Å²) in [5.74, 6) is 0.724. The first-order chi connectivity index (χ1) is 11.2. The Labute approximate surface area is 145 Å². The largest absolute Gasteiger partial charge is 0.330 e. The Morgan fingerprint density at radius 2 is 1.83 bits per heavy atom. The first kappa shape index (κ1) is 14.3. The molecule has 0 atom stereocenters. The van der Waals surface area contributed by atoms with Crippen LogP contribution >= 0.6 is 27.3 Å². The molecule has 0 aliphatic heterocycles. The Balaban J connectivity index is 1.75. The van der Waals surface area contributed by atoms with E-state index < -0.39 is 0 Å². The Morgan fingerprint density at radius 3 is 2.65 bits per heavy atom. The van der Waals surface area contributed by atoms with Crippen molar-refractivity contribution in [3.8, 4) is 11.4 Å². The molecule has 0 saturated carbocycles. The van der Waals surface area contributed by atoms with Crippen LogP contribution in [0.4, 0.5) is 10.8 Å². The summed E-state index contributed by atoms with van der Waals surface area (Å²) in [6.07, 6.45) is 0. The zero-order valence-corrected chi connectivity index (χ0v) is 14.6. The number of nitrogens with one attached hydrogen (secondary N) is 1. The van der Waals surface area contributed by atoms with Crippen LogP contribution in [0.2, 0.25) is 0 Å². The van der Waals surface area contributed by atoms with Gasteiger partial charge in [0.1, 0.15) is 0 Å². The van der Waals surface area contributed by atoms with E-state index in [0.717, 1.165) is 31.6 Å². The van der Waals surface area contributed by atoms with E-state index in [9.17, 15) is 0 Å². The van der Waals surface area contributed by atoms with Gasteiger partial charge in [-0.05, 0) is 30.7 Å². The predicted octanol–water partition coefficient (Wildman–Crippen LogP) is 4.67. The zero-order chi connectivity index (χ0) is 15.8. The smallest absolute Gasteiger partial charge is 0.236 e. The summed E-state index contributed by atoms with van der Waals surface area (Å²) in [5.41, 5.74) is 3.18. The SMILES string of the molecule is Cc1ccccc1Nc1nn2c(-c3ccccc3Br)nnc2s1. The van der Waals surface area contributed by atoms with Gasteiger partial charge in [-0.1, -0.05) is 57.6 Å². The summed E-state index contributed by atoms with van der Waals surface area (Å²) in [5, 5.41) is 17.2. The van der Waals surface area contributed by atoms with Crippen molar-refractivity contribution in [3.63, 3.8) is 0 Å². The molecule has 4 rings (SSSR count). The lowest BCUT2D eigenvalue weighted by atomic mass is 10.2. The average molecular weight is 386 g/mol. The van der Waals surface area contributed by atoms with Crippen molar-refractivity contribution < 1.29 is 0 Å². The first-order valence-corrected chi connectivity index (χ1v) is 8.63. The zero-order valence-electron chi connectivity index (χ0n) is 12.2. The molecule has 7 heteroatoms. The molecule has 0 fully saturated rings. The van der Waals surface area contributed by atoms with Gasteiger partial charge in [-0.15, -0.1) is 15.3 Å². The maximum atomic E-state index is 4.60. The van der Waals surface area contributed by atoms with Gasteiger partial charge in [0.2, 0.25) is 10.1 Å². The molecule has 23 heavy (non-hydrogen) atoms. The summed E-state index contributed by atoms with van der Waals surface area (Å²) < 4.78 is 2.74. The van der Waals surface area contributed by atoms with Crippen molar-refractivity contribution in [2.45, 2.75) is 6.92 Å². The number of aryl methyl sites for hydroxylation is 1. The standard InChI is InChI=1S/C16H12BrN5S/c1-10-6-2-5-9-13(10)18-15-21-22-14(19-20-16(22)23-15)11-7-3-4-8-12(11)17/h2-9H,1H3,(H,18,21). The van der Waals surface area contributed by atoms with Gasteiger partial charge in [0, 0.05) is 15.7 Å². The molecule has 0 unspecified atom stereocenters. The maximum absolute atomic E-state index is 4.60. The van der Waals surface area contributed by atoms with Crippen molar-refractivity contribution in [1.82, 2.24) is 19.8 Å². The molecule has 0 aliphatic carbocycles. The highest BCUT2D eigenvalue weighted by Crippen LogP contribution is 2.30. The minimum Gasteiger partial charge on any atom is -0.330 e. The van der Waals surface area contributed by atoms with E-state index in [-0.39, 0.29) is 0 Å². The lowest BCUT2D eigenvalue weighted by molar-refractivity contribution is 0.969. The van der Waals surface area contributed by atoms with Crippen LogP contribution < -0.4 is 5.32 Å². The van der Waals surface area contributed by atoms with Gasteiger partial charge in [-0.25, -0.2) is 0 Å². The van der Waals surface area contributed by atoms with E-state index >= 15 is 0 Å². The number of benzene rings is 2. The molecule has 0 bridgehead atoms. The Hall–Kier alpha value is -2.25. The van der Waals surface area contributed by atoms with Crippen LogP contribution in [0.5, 0.6) is 0 Å². The van der Waals surface area contributed by atoms with Crippen molar-refractivity contribution >= 4 is 43.0 Å². The summed E-state index contributed by atoms with van der Waals surface area (Å²) >= 11 is 5.03. The molecule has 0 saturated heterocycles. The summed E-state index contributed by atoms with van der Waals surface area (Å²) in [6.45, 7) is 2.06. The van der Waals surface area contributed by atoms with Crippen LogP contribution in [0.25, 0.3) is 16.3 Å². The molecule has 0 aliphatic rings. The van der Waals surface area contributed by atoms with E-state index in [2.05, 4.69) is 49.5 Å². The molecule has 0 radical (unpaired) electrons. The van der Waals surface area contributed by atoms with Gasteiger partial charge < -0.3 is 5.32 Å². The second-order valence-corrected chi connectivity index (χ2v) is 6.86. The second kappa shape index (κ2) is 5.75. The molecule has 114 valence electrons. The maximum Gasteiger partial charge on any atom is 0.236 e. The summed E-state index contributed by atoms with van der Waals surface area (Å²) in [6, 6.07) is 16.0. The third-order valence-corrected chi connectivity index (χ3v) is 5.00. The normalized spacial score (nSPS) is 11.0. The molecular formula is C16H12BrN5S. The van der Waals surface area contributed by atoms with Crippen molar-refractivity contribution in [2.75, 3.05) is 5.32 Å². The van der Waals surface area contributed by atoms with Gasteiger partial charge in [0.25, 0.3) is 0 Å². The molecular weight excluding hydrogens is 374 g/mol. The number of aromatic nitrogens is 4. The Bertz CT molecular complexity index is 991. The molecule has 2 heterocycles. The van der Waals surface area contributed by atoms with Crippen molar-refractivity contribution in [2.24, 2.45) is 0 Å². The minimum atomic E-state index is 0.724. The average Bonchev–Trinajstić information content (AvgIpc) is 3.10. The van der Waals surface area contributed by atoms with Crippen LogP contribution in [0.15, 0.2) is 53.0 Å². The van der Waals surface area contributed by atoms with E-state index in [0.29, 0.717) is 0 Å². The number of para-hydroxylation sites is 1. The van der Waals surface area contributed by atoms with Crippen LogP contribution in [-0.2, 0) is 0 Å². The highest BCUT2D eigenvalue weighted by atomic mass is 79.9. The van der Waals surface area contributed by atoms with E-state index in [4.69, 9.17) is 0 Å². The quantitative estimate of drug-likeness (QED) is 0.556. The molecule has 2 aromatic heterocycles. The highest BCUT2D eigenvalue weighted by Gasteiger charge is 2.15. The van der Waals surface area contributed by atoms with E-state index in [1.807, 2.05) is 42.5 Å². The van der Waals surface area contributed by atoms with Gasteiger partial charge in [-0.3, -0.25) is 0 Å². The number of halogens is 1. The molecule has 4 aromatic rings. The van der Waals surface area contributed by atoms with Crippen LogP contribution in [-0.4, -0.2) is 19.8 Å². The van der Waals surface area contributed by atoms with Crippen molar-refractivity contribution in [1.29, 1.82) is 0 Å². The number of rotatable bonds is 3. The number of anilines is 2. The number of nitrogens with zero attached hydrogens (tertiary/aromatic N) is 4. The van der Waals surface area contributed by atoms with Crippen molar-refractivity contribution in [3.05, 3.63) is 58.6 Å². The third-order valence-electron chi connectivity index (χ3n) is 3.49. The second-order valence-electron chi connectivity index (χ2n) is 5.04. The van der Waals surface area contributed by atoms with Gasteiger partial charge >= 0.3 is 0 Å². The highest BCUT2D eigenvalue weighted by molar-refractivity contribution is 9.10. The third kappa shape index (κ3) is 2.62.